The lowest BCUT2D eigenvalue weighted by Crippen LogP contribution is -2.43. The molecule has 0 aromatic carbocycles. The van der Waals surface area contributed by atoms with E-state index in [0.717, 1.165) is 25.7 Å². The summed E-state index contributed by atoms with van der Waals surface area (Å²) in [5.41, 5.74) is 0.920. The van der Waals surface area contributed by atoms with Gasteiger partial charge in [-0.2, -0.15) is 5.26 Å². The molecule has 1 aliphatic carbocycles. The molecule has 3 rings (SSSR count). The van der Waals surface area contributed by atoms with E-state index in [0.29, 0.717) is 31.0 Å². The summed E-state index contributed by atoms with van der Waals surface area (Å²) in [6.45, 7) is 1.06. The first-order valence-electron chi connectivity index (χ1n) is 10.0. The number of hydrogen-bond donors (Lipinski definition) is 3. The minimum Gasteiger partial charge on any atom is -0.483 e. The van der Waals surface area contributed by atoms with E-state index in [1.807, 2.05) is 6.07 Å². The SMILES string of the molecule is Cn1cc(C#N)cc1C(=O)N[C@H]1CCC[C@@H](CNC(=O)CN2CCOC2=O)C1.O=CO. The zero-order valence-corrected chi connectivity index (χ0v) is 17.4. The number of carbonyl (C=O) groups excluding carboxylic acids is 3. The first-order chi connectivity index (χ1) is 14.9. The highest BCUT2D eigenvalue weighted by Gasteiger charge is 2.27. The second-order valence-corrected chi connectivity index (χ2v) is 7.49. The Morgan fingerprint density at radius 1 is 1.42 bits per heavy atom. The van der Waals surface area contributed by atoms with Crippen LogP contribution in [0.4, 0.5) is 4.79 Å². The van der Waals surface area contributed by atoms with Crippen molar-refractivity contribution in [3.05, 3.63) is 23.5 Å². The monoisotopic (exact) mass is 433 g/mol. The lowest BCUT2D eigenvalue weighted by molar-refractivity contribution is -0.123. The molecule has 0 spiro atoms. The summed E-state index contributed by atoms with van der Waals surface area (Å²) >= 11 is 0. The van der Waals surface area contributed by atoms with E-state index in [1.165, 1.54) is 4.90 Å². The van der Waals surface area contributed by atoms with Crippen molar-refractivity contribution in [1.29, 1.82) is 5.26 Å². The van der Waals surface area contributed by atoms with E-state index in [1.54, 1.807) is 23.9 Å². The van der Waals surface area contributed by atoms with Crippen LogP contribution in [0.1, 0.15) is 41.7 Å². The van der Waals surface area contributed by atoms with Crippen LogP contribution in [0.2, 0.25) is 0 Å². The molecule has 2 heterocycles. The van der Waals surface area contributed by atoms with Crippen molar-refractivity contribution in [3.8, 4) is 6.07 Å². The molecule has 1 aromatic heterocycles. The van der Waals surface area contributed by atoms with Crippen molar-refractivity contribution in [2.24, 2.45) is 13.0 Å². The molecule has 2 aliphatic rings. The van der Waals surface area contributed by atoms with Gasteiger partial charge in [-0.1, -0.05) is 6.42 Å². The van der Waals surface area contributed by atoms with Gasteiger partial charge in [-0.05, 0) is 31.2 Å². The molecule has 11 nitrogen and oxygen atoms in total. The van der Waals surface area contributed by atoms with E-state index in [4.69, 9.17) is 19.9 Å². The number of amides is 3. The van der Waals surface area contributed by atoms with Crippen LogP contribution in [0, 0.1) is 17.2 Å². The Balaban J connectivity index is 0.00000107. The summed E-state index contributed by atoms with van der Waals surface area (Å²) in [7, 11) is 1.74. The zero-order chi connectivity index (χ0) is 22.8. The third kappa shape index (κ3) is 7.02. The second-order valence-electron chi connectivity index (χ2n) is 7.49. The number of aryl methyl sites for hydroxylation is 1. The average Bonchev–Trinajstić information content (AvgIpc) is 3.32. The summed E-state index contributed by atoms with van der Waals surface area (Å²) < 4.78 is 6.46. The van der Waals surface area contributed by atoms with Gasteiger partial charge in [-0.3, -0.25) is 19.3 Å². The van der Waals surface area contributed by atoms with Gasteiger partial charge in [-0.15, -0.1) is 0 Å². The largest absolute Gasteiger partial charge is 0.483 e. The van der Waals surface area contributed by atoms with E-state index >= 15 is 0 Å². The van der Waals surface area contributed by atoms with Crippen molar-refractivity contribution in [2.75, 3.05) is 26.2 Å². The average molecular weight is 433 g/mol. The maximum atomic E-state index is 12.5. The van der Waals surface area contributed by atoms with Crippen molar-refractivity contribution >= 4 is 24.4 Å². The fourth-order valence-electron chi connectivity index (χ4n) is 3.77. The van der Waals surface area contributed by atoms with Crippen LogP contribution in [0.5, 0.6) is 0 Å². The molecule has 11 heteroatoms. The molecule has 3 N–H and O–H groups in total. The van der Waals surface area contributed by atoms with E-state index in [-0.39, 0.29) is 36.8 Å². The molecule has 1 saturated carbocycles. The third-order valence-corrected chi connectivity index (χ3v) is 5.25. The zero-order valence-electron chi connectivity index (χ0n) is 17.4. The first-order valence-corrected chi connectivity index (χ1v) is 10.0. The Kier molecular flexibility index (Phi) is 8.87. The van der Waals surface area contributed by atoms with Crippen LogP contribution < -0.4 is 10.6 Å². The van der Waals surface area contributed by atoms with Gasteiger partial charge in [0, 0.05) is 25.8 Å². The number of aromatic nitrogens is 1. The molecule has 0 radical (unpaired) electrons. The van der Waals surface area contributed by atoms with Gasteiger partial charge in [0.25, 0.3) is 12.4 Å². The number of nitrogens with one attached hydrogen (secondary N) is 2. The molecular weight excluding hydrogens is 406 g/mol. The molecule has 1 aromatic rings. The van der Waals surface area contributed by atoms with Gasteiger partial charge >= 0.3 is 6.09 Å². The van der Waals surface area contributed by atoms with Gasteiger partial charge < -0.3 is 25.0 Å². The Labute approximate surface area is 179 Å². The number of nitriles is 1. The van der Waals surface area contributed by atoms with Gasteiger partial charge in [0.2, 0.25) is 5.91 Å². The molecule has 1 saturated heterocycles. The number of carboxylic acid groups (broad SMARTS) is 1. The summed E-state index contributed by atoms with van der Waals surface area (Å²) in [5.74, 6) is -0.110. The molecule has 31 heavy (non-hydrogen) atoms. The van der Waals surface area contributed by atoms with Gasteiger partial charge in [-0.25, -0.2) is 4.79 Å². The van der Waals surface area contributed by atoms with Crippen LogP contribution in [0.15, 0.2) is 12.3 Å². The van der Waals surface area contributed by atoms with Crippen molar-refractivity contribution < 1.29 is 29.0 Å². The number of cyclic esters (lactones) is 1. The smallest absolute Gasteiger partial charge is 0.410 e. The lowest BCUT2D eigenvalue weighted by Gasteiger charge is -2.30. The summed E-state index contributed by atoms with van der Waals surface area (Å²) in [6.07, 6.45) is 4.82. The summed E-state index contributed by atoms with van der Waals surface area (Å²) in [4.78, 5) is 45.7. The molecule has 0 bridgehead atoms. The highest BCUT2D eigenvalue weighted by molar-refractivity contribution is 5.93. The number of ether oxygens (including phenoxy) is 1. The first kappa shape index (κ1) is 23.7. The lowest BCUT2D eigenvalue weighted by atomic mass is 9.85. The van der Waals surface area contributed by atoms with Crippen molar-refractivity contribution in [1.82, 2.24) is 20.1 Å². The van der Waals surface area contributed by atoms with Crippen LogP contribution in [-0.2, 0) is 21.4 Å². The molecular formula is C20H27N5O6. The predicted octanol–water partition coefficient (Wildman–Crippen LogP) is 0.455. The highest BCUT2D eigenvalue weighted by atomic mass is 16.6. The summed E-state index contributed by atoms with van der Waals surface area (Å²) in [5, 5.41) is 21.8. The maximum absolute atomic E-state index is 12.5. The Morgan fingerprint density at radius 2 is 2.16 bits per heavy atom. The molecule has 0 unspecified atom stereocenters. The predicted molar refractivity (Wildman–Crippen MR) is 108 cm³/mol. The Hall–Kier alpha value is -3.55. The van der Waals surface area contributed by atoms with Gasteiger partial charge in [0.1, 0.15) is 24.9 Å². The minimum atomic E-state index is -0.448. The summed E-state index contributed by atoms with van der Waals surface area (Å²) in [6, 6.07) is 3.66. The molecule has 168 valence electrons. The van der Waals surface area contributed by atoms with Crippen LogP contribution in [0.3, 0.4) is 0 Å². The van der Waals surface area contributed by atoms with E-state index in [2.05, 4.69) is 10.6 Å². The van der Waals surface area contributed by atoms with Crippen molar-refractivity contribution in [3.63, 3.8) is 0 Å². The normalized spacial score (nSPS) is 20.0. The van der Waals surface area contributed by atoms with Crippen LogP contribution in [-0.4, -0.2) is 71.2 Å². The quantitative estimate of drug-likeness (QED) is 0.551. The minimum absolute atomic E-state index is 0.0143. The molecule has 2 fully saturated rings. The van der Waals surface area contributed by atoms with E-state index in [9.17, 15) is 14.4 Å². The third-order valence-electron chi connectivity index (χ3n) is 5.25. The molecule has 2 atom stereocenters. The highest BCUT2D eigenvalue weighted by Crippen LogP contribution is 2.24. The topological polar surface area (TPSA) is 154 Å². The van der Waals surface area contributed by atoms with Gasteiger partial charge in [0.15, 0.2) is 0 Å². The van der Waals surface area contributed by atoms with E-state index < -0.39 is 6.09 Å². The fraction of sp³-hybridized carbons (Fsp3) is 0.550. The molecule has 1 aliphatic heterocycles. The van der Waals surface area contributed by atoms with Gasteiger partial charge in [0.05, 0.1) is 12.1 Å². The molecule has 3 amide bonds. The second kappa shape index (κ2) is 11.6. The number of nitrogens with zero attached hydrogens (tertiary/aromatic N) is 3. The number of hydrogen-bond acceptors (Lipinski definition) is 6. The van der Waals surface area contributed by atoms with Crippen LogP contribution >= 0.6 is 0 Å². The number of carbonyl (C=O) groups is 4. The number of rotatable bonds is 6. The Morgan fingerprint density at radius 3 is 2.77 bits per heavy atom. The van der Waals surface area contributed by atoms with Crippen LogP contribution in [0.25, 0.3) is 0 Å². The fourth-order valence-corrected chi connectivity index (χ4v) is 3.77. The standard InChI is InChI=1S/C19H25N5O4.CH2O2/c1-23-11-14(9-20)8-16(23)18(26)22-15-4-2-3-13(7-15)10-21-17(25)12-24-5-6-28-19(24)27;2-1-3/h8,11,13,15H,2-7,10,12H2,1H3,(H,21,25)(H,22,26);1H,(H,2,3)/t13-,15+;/m1./s1. The van der Waals surface area contributed by atoms with Crippen molar-refractivity contribution in [2.45, 2.75) is 31.7 Å². The maximum Gasteiger partial charge on any atom is 0.410 e. The Bertz CT molecular complexity index is 846.